The number of hydrogen-bond acceptors (Lipinski definition) is 4. The van der Waals surface area contributed by atoms with E-state index in [1.54, 1.807) is 7.11 Å². The first kappa shape index (κ1) is 24.8. The summed E-state index contributed by atoms with van der Waals surface area (Å²) in [6, 6.07) is 15.7. The van der Waals surface area contributed by atoms with E-state index in [1.165, 1.54) is 6.42 Å². The van der Waals surface area contributed by atoms with Crippen LogP contribution in [0.2, 0.25) is 0 Å². The molecular weight excluding hydrogens is 452 g/mol. The smallest absolute Gasteiger partial charge is 0.232 e. The van der Waals surface area contributed by atoms with E-state index in [0.29, 0.717) is 25.3 Å². The lowest BCUT2D eigenvalue weighted by Crippen LogP contribution is -2.49. The van der Waals surface area contributed by atoms with E-state index in [2.05, 4.69) is 23.6 Å². The predicted molar refractivity (Wildman–Crippen MR) is 140 cm³/mol. The first-order valence-corrected chi connectivity index (χ1v) is 13.2. The van der Waals surface area contributed by atoms with Crippen LogP contribution in [-0.4, -0.2) is 38.7 Å². The van der Waals surface area contributed by atoms with E-state index in [-0.39, 0.29) is 35.2 Å². The van der Waals surface area contributed by atoms with Crippen molar-refractivity contribution in [2.75, 3.05) is 32.2 Å². The molecule has 2 amide bonds. The molecule has 0 radical (unpaired) electrons. The van der Waals surface area contributed by atoms with Crippen molar-refractivity contribution in [3.05, 3.63) is 59.7 Å². The van der Waals surface area contributed by atoms with Crippen LogP contribution < -0.4 is 15.4 Å². The van der Waals surface area contributed by atoms with E-state index in [9.17, 15) is 9.59 Å². The Morgan fingerprint density at radius 1 is 1.11 bits per heavy atom. The van der Waals surface area contributed by atoms with Crippen LogP contribution in [0, 0.1) is 10.8 Å². The molecule has 6 heteroatoms. The van der Waals surface area contributed by atoms with Crippen LogP contribution in [0.4, 0.5) is 5.69 Å². The van der Waals surface area contributed by atoms with Gasteiger partial charge in [0.05, 0.1) is 18.6 Å². The fraction of sp³-hybridized carbons (Fsp3) is 0.533. The van der Waals surface area contributed by atoms with Crippen molar-refractivity contribution in [3.8, 4) is 5.75 Å². The number of rotatable bonds is 9. The van der Waals surface area contributed by atoms with Gasteiger partial charge in [0.25, 0.3) is 0 Å². The molecule has 2 aromatic rings. The number of benzene rings is 2. The molecule has 5 rings (SSSR count). The first-order chi connectivity index (χ1) is 17.3. The maximum absolute atomic E-state index is 13.3. The molecule has 3 aliphatic rings. The van der Waals surface area contributed by atoms with E-state index in [4.69, 9.17) is 9.47 Å². The minimum absolute atomic E-state index is 0.0177. The summed E-state index contributed by atoms with van der Waals surface area (Å²) in [6.07, 6.45) is 6.13. The van der Waals surface area contributed by atoms with Gasteiger partial charge in [-0.2, -0.15) is 0 Å². The Hall–Kier alpha value is -2.86. The standard InChI is InChI=1S/C30H38N2O4/c1-28(12-7-13-28)18-31-27(34)29(2,19-35-3)21-8-6-9-22(16-21)32-26(33)17-24-23-10-4-5-11-25(23)36-20-30(24)14-15-30/h4-6,8-11,16,24H,7,12-15,17-20H2,1-3H3,(H,31,34)(H,32,33). The van der Waals surface area contributed by atoms with Gasteiger partial charge in [-0.1, -0.05) is 43.7 Å². The fourth-order valence-electron chi connectivity index (χ4n) is 5.88. The van der Waals surface area contributed by atoms with Crippen molar-refractivity contribution in [1.29, 1.82) is 0 Å². The molecule has 2 N–H and O–H groups in total. The van der Waals surface area contributed by atoms with Crippen LogP contribution >= 0.6 is 0 Å². The summed E-state index contributed by atoms with van der Waals surface area (Å²) in [6.45, 7) is 5.75. The number of para-hydroxylation sites is 1. The van der Waals surface area contributed by atoms with Crippen molar-refractivity contribution in [2.24, 2.45) is 10.8 Å². The normalized spacial score (nSPS) is 22.4. The van der Waals surface area contributed by atoms with Gasteiger partial charge in [0.2, 0.25) is 11.8 Å². The lowest BCUT2D eigenvalue weighted by atomic mass is 9.70. The molecule has 2 fully saturated rings. The molecule has 1 spiro atoms. The molecule has 0 aromatic heterocycles. The third kappa shape index (κ3) is 4.75. The number of carbonyl (C=O) groups is 2. The van der Waals surface area contributed by atoms with E-state index in [1.807, 2.05) is 49.4 Å². The van der Waals surface area contributed by atoms with Crippen LogP contribution in [0.1, 0.15) is 69.4 Å². The van der Waals surface area contributed by atoms with E-state index < -0.39 is 5.41 Å². The lowest BCUT2D eigenvalue weighted by Gasteiger charge is -2.39. The molecular formula is C30H38N2O4. The largest absolute Gasteiger partial charge is 0.493 e. The van der Waals surface area contributed by atoms with Gasteiger partial charge in [0.1, 0.15) is 5.75 Å². The molecule has 1 aliphatic heterocycles. The Balaban J connectivity index is 1.29. The molecule has 1 heterocycles. The van der Waals surface area contributed by atoms with Crippen molar-refractivity contribution in [3.63, 3.8) is 0 Å². The number of methoxy groups -OCH3 is 1. The third-order valence-corrected chi connectivity index (χ3v) is 8.78. The number of nitrogens with one attached hydrogen (secondary N) is 2. The zero-order chi connectivity index (χ0) is 25.4. The quantitative estimate of drug-likeness (QED) is 0.508. The number of anilines is 1. The molecule has 2 aromatic carbocycles. The zero-order valence-corrected chi connectivity index (χ0v) is 21.7. The Labute approximate surface area is 214 Å². The Morgan fingerprint density at radius 2 is 1.89 bits per heavy atom. The van der Waals surface area contributed by atoms with Crippen LogP contribution in [-0.2, 0) is 19.7 Å². The lowest BCUT2D eigenvalue weighted by molar-refractivity contribution is -0.129. The highest BCUT2D eigenvalue weighted by Gasteiger charge is 2.53. The average Bonchev–Trinajstić information content (AvgIpc) is 3.63. The van der Waals surface area contributed by atoms with Gasteiger partial charge in [-0.15, -0.1) is 0 Å². The summed E-state index contributed by atoms with van der Waals surface area (Å²) in [7, 11) is 1.61. The third-order valence-electron chi connectivity index (χ3n) is 8.78. The number of amides is 2. The van der Waals surface area contributed by atoms with Crippen LogP contribution in [0.3, 0.4) is 0 Å². The minimum Gasteiger partial charge on any atom is -0.493 e. The Kier molecular flexibility index (Phi) is 6.58. The first-order valence-electron chi connectivity index (χ1n) is 13.2. The molecule has 2 unspecified atom stereocenters. The van der Waals surface area contributed by atoms with Crippen LogP contribution in [0.15, 0.2) is 48.5 Å². The molecule has 36 heavy (non-hydrogen) atoms. The highest BCUT2D eigenvalue weighted by molar-refractivity contribution is 5.92. The minimum atomic E-state index is -0.854. The van der Waals surface area contributed by atoms with Gasteiger partial charge < -0.3 is 20.1 Å². The number of ether oxygens (including phenoxy) is 2. The number of fused-ring (bicyclic) bond motifs is 1. The maximum Gasteiger partial charge on any atom is 0.232 e. The van der Waals surface area contributed by atoms with Crippen molar-refractivity contribution < 1.29 is 19.1 Å². The van der Waals surface area contributed by atoms with Crippen molar-refractivity contribution in [2.45, 2.75) is 63.7 Å². The fourth-order valence-corrected chi connectivity index (χ4v) is 5.88. The second-order valence-electron chi connectivity index (χ2n) is 11.7. The summed E-state index contributed by atoms with van der Waals surface area (Å²) in [5, 5.41) is 6.27. The van der Waals surface area contributed by atoms with Crippen LogP contribution in [0.25, 0.3) is 0 Å². The Bertz CT molecular complexity index is 1140. The zero-order valence-electron chi connectivity index (χ0n) is 21.7. The van der Waals surface area contributed by atoms with E-state index in [0.717, 1.165) is 42.6 Å². The second kappa shape index (κ2) is 9.55. The predicted octanol–water partition coefficient (Wildman–Crippen LogP) is 5.18. The molecule has 2 atom stereocenters. The SMILES string of the molecule is COCC(C)(C(=O)NCC1(C)CCC1)c1cccc(NC(=O)CC2c3ccccc3OCC23CC3)c1. The van der Waals surface area contributed by atoms with Gasteiger partial charge in [0.15, 0.2) is 0 Å². The summed E-state index contributed by atoms with van der Waals surface area (Å²) < 4.78 is 11.5. The summed E-state index contributed by atoms with van der Waals surface area (Å²) in [5.74, 6) is 0.987. The molecule has 0 bridgehead atoms. The van der Waals surface area contributed by atoms with Crippen molar-refractivity contribution >= 4 is 17.5 Å². The van der Waals surface area contributed by atoms with Crippen LogP contribution in [0.5, 0.6) is 5.75 Å². The molecule has 0 saturated heterocycles. The average molecular weight is 491 g/mol. The van der Waals surface area contributed by atoms with Gasteiger partial charge in [0, 0.05) is 37.1 Å². The highest BCUT2D eigenvalue weighted by atomic mass is 16.5. The van der Waals surface area contributed by atoms with E-state index >= 15 is 0 Å². The summed E-state index contributed by atoms with van der Waals surface area (Å²) in [4.78, 5) is 26.6. The van der Waals surface area contributed by atoms with Gasteiger partial charge >= 0.3 is 0 Å². The molecule has 192 valence electrons. The molecule has 6 nitrogen and oxygen atoms in total. The van der Waals surface area contributed by atoms with Gasteiger partial charge in [-0.05, 0) is 67.3 Å². The van der Waals surface area contributed by atoms with Gasteiger partial charge in [-0.3, -0.25) is 9.59 Å². The molecule has 2 saturated carbocycles. The monoisotopic (exact) mass is 490 g/mol. The topological polar surface area (TPSA) is 76.7 Å². The van der Waals surface area contributed by atoms with Crippen molar-refractivity contribution in [1.82, 2.24) is 5.32 Å². The number of carbonyl (C=O) groups excluding carboxylic acids is 2. The molecule has 2 aliphatic carbocycles. The maximum atomic E-state index is 13.3. The second-order valence-corrected chi connectivity index (χ2v) is 11.7. The summed E-state index contributed by atoms with van der Waals surface area (Å²) >= 11 is 0. The summed E-state index contributed by atoms with van der Waals surface area (Å²) in [5.41, 5.74) is 2.08. The Morgan fingerprint density at radius 3 is 2.58 bits per heavy atom. The highest BCUT2D eigenvalue weighted by Crippen LogP contribution is 2.61. The number of hydrogen-bond donors (Lipinski definition) is 2. The van der Waals surface area contributed by atoms with Gasteiger partial charge in [-0.25, -0.2) is 0 Å².